The third kappa shape index (κ3) is 9.56. The number of carbonyl (C=O) groups is 5. The molecule has 0 aliphatic rings. The highest BCUT2D eigenvalue weighted by Gasteiger charge is 2.32. The topological polar surface area (TPSA) is 254 Å². The van der Waals surface area contributed by atoms with Gasteiger partial charge in [0.1, 0.15) is 17.8 Å². The molecule has 17 heteroatoms. The number of nitrogens with one attached hydrogen (secondary N) is 4. The van der Waals surface area contributed by atoms with Crippen LogP contribution in [0.1, 0.15) is 59.3 Å². The number of aromatic carboxylic acids is 1. The van der Waals surface area contributed by atoms with Crippen molar-refractivity contribution in [1.29, 1.82) is 0 Å². The van der Waals surface area contributed by atoms with Gasteiger partial charge in [0.2, 0.25) is 17.6 Å². The van der Waals surface area contributed by atoms with Crippen LogP contribution in [0, 0.1) is 5.92 Å². The number of imidazole rings is 1. The highest BCUT2D eigenvalue weighted by molar-refractivity contribution is 6.01. The number of benzene rings is 3. The number of nitrogens with zero attached hydrogens (tertiary/aromatic N) is 5. The summed E-state index contributed by atoms with van der Waals surface area (Å²) >= 11 is 0. The molecule has 0 bridgehead atoms. The summed E-state index contributed by atoms with van der Waals surface area (Å²) in [6.07, 6.45) is 1.16. The molecule has 2 heterocycles. The van der Waals surface area contributed by atoms with Gasteiger partial charge in [0.25, 0.3) is 5.91 Å². The third-order valence-electron chi connectivity index (χ3n) is 8.68. The second-order valence-electron chi connectivity index (χ2n) is 12.4. The molecule has 280 valence electrons. The van der Waals surface area contributed by atoms with Crippen LogP contribution in [0.15, 0.2) is 78.9 Å². The highest BCUT2D eigenvalue weighted by atomic mass is 16.5. The zero-order valence-corrected chi connectivity index (χ0v) is 29.2. The van der Waals surface area contributed by atoms with Crippen LogP contribution in [0.25, 0.3) is 22.5 Å². The Hall–Kier alpha value is -6.75. The molecule has 5 rings (SSSR count). The van der Waals surface area contributed by atoms with Crippen molar-refractivity contribution in [3.63, 3.8) is 0 Å². The number of aromatic amines is 1. The van der Waals surface area contributed by atoms with Crippen molar-refractivity contribution < 1.29 is 39.4 Å². The second-order valence-corrected chi connectivity index (χ2v) is 12.4. The average molecular weight is 738 g/mol. The number of hydroxylamine groups is 1. The van der Waals surface area contributed by atoms with E-state index in [1.54, 1.807) is 34.9 Å². The number of amides is 3. The van der Waals surface area contributed by atoms with Crippen LogP contribution >= 0.6 is 0 Å². The van der Waals surface area contributed by atoms with Crippen molar-refractivity contribution in [2.45, 2.75) is 58.2 Å². The number of unbranched alkanes of at least 4 members (excludes halogenated alkanes) is 1. The van der Waals surface area contributed by atoms with Gasteiger partial charge in [0, 0.05) is 18.5 Å². The van der Waals surface area contributed by atoms with Crippen LogP contribution in [0.5, 0.6) is 0 Å². The number of H-pyrrole nitrogens is 1. The molecular weight excluding hydrogens is 698 g/mol. The normalized spacial score (nSPS) is 12.0. The number of carboxylic acid groups (broad SMARTS) is 2. The van der Waals surface area contributed by atoms with Crippen molar-refractivity contribution in [3.05, 3.63) is 107 Å². The predicted molar refractivity (Wildman–Crippen MR) is 192 cm³/mol. The fourth-order valence-corrected chi connectivity index (χ4v) is 5.93. The summed E-state index contributed by atoms with van der Waals surface area (Å²) in [6, 6.07) is 21.9. The van der Waals surface area contributed by atoms with Crippen molar-refractivity contribution in [3.8, 4) is 22.5 Å². The first-order valence-electron chi connectivity index (χ1n) is 17.1. The summed E-state index contributed by atoms with van der Waals surface area (Å²) in [7, 11) is 0. The zero-order valence-electron chi connectivity index (χ0n) is 29.2. The minimum atomic E-state index is -1.74. The van der Waals surface area contributed by atoms with Gasteiger partial charge in [-0.2, -0.15) is 5.21 Å². The van der Waals surface area contributed by atoms with E-state index in [0.29, 0.717) is 23.6 Å². The van der Waals surface area contributed by atoms with Gasteiger partial charge >= 0.3 is 11.9 Å². The number of rotatable bonds is 18. The van der Waals surface area contributed by atoms with Crippen LogP contribution < -0.4 is 16.1 Å². The lowest BCUT2D eigenvalue weighted by Crippen LogP contribution is -2.49. The summed E-state index contributed by atoms with van der Waals surface area (Å²) in [5.41, 5.74) is 5.30. The minimum Gasteiger partial charge on any atom is -0.480 e. The molecule has 0 aliphatic carbocycles. The Morgan fingerprint density at radius 1 is 0.870 bits per heavy atom. The lowest BCUT2D eigenvalue weighted by molar-refractivity contribution is -0.147. The molecule has 3 aromatic carbocycles. The molecule has 0 aliphatic heterocycles. The first-order chi connectivity index (χ1) is 26.1. The number of carboxylic acids is 2. The largest absolute Gasteiger partial charge is 0.480 e. The van der Waals surface area contributed by atoms with Crippen LogP contribution in [-0.4, -0.2) is 81.3 Å². The second kappa shape index (κ2) is 18.1. The number of hydrogen-bond acceptors (Lipinski definition) is 10. The maximum absolute atomic E-state index is 13.0. The Morgan fingerprint density at radius 2 is 1.57 bits per heavy atom. The van der Waals surface area contributed by atoms with Gasteiger partial charge < -0.3 is 25.4 Å². The molecule has 5 aromatic rings. The van der Waals surface area contributed by atoms with Crippen LogP contribution in [0.2, 0.25) is 0 Å². The van der Waals surface area contributed by atoms with Crippen molar-refractivity contribution in [1.82, 2.24) is 46.3 Å². The Bertz CT molecular complexity index is 2080. The number of carbonyl (C=O) groups excluding carboxylic acids is 3. The maximum atomic E-state index is 13.0. The molecule has 2 atom stereocenters. The molecule has 0 saturated heterocycles. The molecule has 17 nitrogen and oxygen atoms in total. The summed E-state index contributed by atoms with van der Waals surface area (Å²) in [4.78, 5) is 67.6. The van der Waals surface area contributed by atoms with Gasteiger partial charge in [-0.3, -0.25) is 19.6 Å². The quantitative estimate of drug-likeness (QED) is 0.0389. The average Bonchev–Trinajstić information content (AvgIpc) is 3.84. The molecule has 0 fully saturated rings. The Labute approximate surface area is 308 Å². The molecule has 2 aromatic heterocycles. The fraction of sp³-hybridized carbons (Fsp3) is 0.270. The molecule has 0 radical (unpaired) electrons. The lowest BCUT2D eigenvalue weighted by Gasteiger charge is -2.19. The van der Waals surface area contributed by atoms with E-state index in [1.165, 1.54) is 5.48 Å². The first kappa shape index (κ1) is 38.5. The molecule has 54 heavy (non-hydrogen) atoms. The smallest absolute Gasteiger partial charge is 0.354 e. The third-order valence-corrected chi connectivity index (χ3v) is 8.68. The van der Waals surface area contributed by atoms with E-state index in [4.69, 9.17) is 0 Å². The lowest BCUT2D eigenvalue weighted by atomic mass is 9.97. The van der Waals surface area contributed by atoms with E-state index in [-0.39, 0.29) is 30.9 Å². The van der Waals surface area contributed by atoms with Gasteiger partial charge in [0.05, 0.1) is 18.7 Å². The van der Waals surface area contributed by atoms with E-state index in [9.17, 15) is 39.4 Å². The van der Waals surface area contributed by atoms with Gasteiger partial charge in [-0.05, 0) is 40.3 Å². The number of aliphatic carboxylic acids is 1. The minimum absolute atomic E-state index is 0.0751. The fourth-order valence-electron chi connectivity index (χ4n) is 5.93. The van der Waals surface area contributed by atoms with E-state index in [1.807, 2.05) is 55.5 Å². The van der Waals surface area contributed by atoms with Crippen LogP contribution in [0.4, 0.5) is 0 Å². The molecule has 0 saturated carbocycles. The van der Waals surface area contributed by atoms with Crippen molar-refractivity contribution >= 4 is 29.7 Å². The number of aryl methyl sites for hydroxylation is 1. The van der Waals surface area contributed by atoms with Crippen molar-refractivity contribution in [2.24, 2.45) is 5.92 Å². The number of tetrazole rings is 1. The Kier molecular flexibility index (Phi) is 12.9. The summed E-state index contributed by atoms with van der Waals surface area (Å²) in [6.45, 7) is 1.84. The molecule has 7 N–H and O–H groups in total. The maximum Gasteiger partial charge on any atom is 0.354 e. The highest BCUT2D eigenvalue weighted by Crippen LogP contribution is 2.30. The van der Waals surface area contributed by atoms with Crippen molar-refractivity contribution in [2.75, 3.05) is 0 Å². The molecule has 2 unspecified atom stereocenters. The zero-order chi connectivity index (χ0) is 38.6. The number of aromatic nitrogens is 6. The Balaban J connectivity index is 1.30. The SMILES string of the molecule is CCCCc1nc(CNC(=O)CC(NC(=O)C(Cc2ccccc2)C(=O)NO)C(=O)O)c(C(=O)O)n1Cc1ccc(-c2ccccc2-c2nn[nH]n2)cc1. The van der Waals surface area contributed by atoms with Crippen LogP contribution in [0.3, 0.4) is 0 Å². The summed E-state index contributed by atoms with van der Waals surface area (Å²) < 4.78 is 1.60. The van der Waals surface area contributed by atoms with E-state index in [0.717, 1.165) is 35.1 Å². The number of hydrogen-bond donors (Lipinski definition) is 7. The standard InChI is InChI=1S/C37H39N9O8/c1-2-3-13-30-39-29(20-38-31(47)19-28(36(50)51)40-34(48)27(35(49)43-54)18-22-9-5-4-6-10-22)32(37(52)53)46(30)21-23-14-16-24(17-15-23)25-11-7-8-12-26(25)33-41-44-45-42-33/h4-12,14-17,27-28,54H,2-3,13,18-21H2,1H3,(H,38,47)(H,40,48)(H,43,49)(H,50,51)(H,52,53)(H,41,42,44,45). The predicted octanol–water partition coefficient (Wildman–Crippen LogP) is 2.76. The molecule has 0 spiro atoms. The van der Waals surface area contributed by atoms with Gasteiger partial charge in [-0.25, -0.2) is 20.1 Å². The molecule has 3 amide bonds. The van der Waals surface area contributed by atoms with E-state index < -0.39 is 48.0 Å². The Morgan fingerprint density at radius 3 is 2.20 bits per heavy atom. The van der Waals surface area contributed by atoms with Gasteiger partial charge in [-0.1, -0.05) is 92.2 Å². The van der Waals surface area contributed by atoms with E-state index in [2.05, 4.69) is 36.2 Å². The first-order valence-corrected chi connectivity index (χ1v) is 17.1. The van der Waals surface area contributed by atoms with Gasteiger partial charge in [0.15, 0.2) is 5.69 Å². The van der Waals surface area contributed by atoms with E-state index >= 15 is 0 Å². The van der Waals surface area contributed by atoms with Crippen LogP contribution in [-0.2, 0) is 45.1 Å². The van der Waals surface area contributed by atoms with Gasteiger partial charge in [-0.15, -0.1) is 10.2 Å². The summed E-state index contributed by atoms with van der Waals surface area (Å²) in [5.74, 6) is -6.22. The monoisotopic (exact) mass is 737 g/mol. The molecular formula is C37H39N9O8. The summed E-state index contributed by atoms with van der Waals surface area (Å²) in [5, 5.41) is 48.3.